The number of carbonyl (C=O) groups excluding carboxylic acids is 2. The van der Waals surface area contributed by atoms with E-state index in [0.717, 1.165) is 12.8 Å². The Kier molecular flexibility index (Phi) is 7.68. The van der Waals surface area contributed by atoms with Gasteiger partial charge in [0, 0.05) is 6.42 Å². The molecule has 2 atom stereocenters. The van der Waals surface area contributed by atoms with Crippen molar-refractivity contribution in [1.82, 2.24) is 0 Å². The normalized spacial score (nSPS) is 14.7. The van der Waals surface area contributed by atoms with Gasteiger partial charge in [0.2, 0.25) is 0 Å². The van der Waals surface area contributed by atoms with Crippen LogP contribution in [0, 0.1) is 5.92 Å². The summed E-state index contributed by atoms with van der Waals surface area (Å²) >= 11 is 0. The van der Waals surface area contributed by atoms with E-state index in [1.165, 1.54) is 0 Å². The number of aliphatic hydroxyl groups excluding tert-OH is 1. The van der Waals surface area contributed by atoms with Gasteiger partial charge in [-0.2, -0.15) is 0 Å². The molecule has 0 saturated carbocycles. The van der Waals surface area contributed by atoms with Crippen LogP contribution in [0.15, 0.2) is 12.2 Å². The summed E-state index contributed by atoms with van der Waals surface area (Å²) < 4.78 is 0.370. The van der Waals surface area contributed by atoms with Gasteiger partial charge in [0.05, 0.1) is 33.0 Å². The second-order valence-electron chi connectivity index (χ2n) is 6.33. The number of carboxylic acids is 1. The zero-order chi connectivity index (χ0) is 15.9. The summed E-state index contributed by atoms with van der Waals surface area (Å²) in [6.45, 7) is 5.99. The molecule has 116 valence electrons. The lowest BCUT2D eigenvalue weighted by Crippen LogP contribution is -2.51. The molecule has 0 aromatic carbocycles. The third-order valence-corrected chi connectivity index (χ3v) is 3.03. The SMILES string of the molecule is C=C(CCCC)CC(=O)C(C(=O)[O-])C(O)C[N+](C)(C)C. The van der Waals surface area contributed by atoms with Gasteiger partial charge in [-0.05, 0) is 12.8 Å². The zero-order valence-electron chi connectivity index (χ0n) is 13.0. The van der Waals surface area contributed by atoms with Gasteiger partial charge in [-0.3, -0.25) is 4.79 Å². The van der Waals surface area contributed by atoms with Crippen LogP contribution in [-0.2, 0) is 9.59 Å². The summed E-state index contributed by atoms with van der Waals surface area (Å²) in [6.07, 6.45) is 1.36. The van der Waals surface area contributed by atoms with Gasteiger partial charge in [-0.25, -0.2) is 0 Å². The Labute approximate surface area is 121 Å². The van der Waals surface area contributed by atoms with Gasteiger partial charge >= 0.3 is 0 Å². The zero-order valence-corrected chi connectivity index (χ0v) is 13.0. The number of carbonyl (C=O) groups is 2. The van der Waals surface area contributed by atoms with Crippen LogP contribution in [0.5, 0.6) is 0 Å². The summed E-state index contributed by atoms with van der Waals surface area (Å²) in [5, 5.41) is 21.1. The lowest BCUT2D eigenvalue weighted by Gasteiger charge is -2.30. The lowest BCUT2D eigenvalue weighted by atomic mass is 9.91. The van der Waals surface area contributed by atoms with Crippen molar-refractivity contribution in [1.29, 1.82) is 0 Å². The largest absolute Gasteiger partial charge is 0.549 e. The number of nitrogens with zero attached hydrogens (tertiary/aromatic N) is 1. The molecule has 0 rings (SSSR count). The molecule has 0 saturated heterocycles. The predicted octanol–water partition coefficient (Wildman–Crippen LogP) is 0.125. The molecule has 2 unspecified atom stereocenters. The van der Waals surface area contributed by atoms with E-state index in [4.69, 9.17) is 0 Å². The summed E-state index contributed by atoms with van der Waals surface area (Å²) in [7, 11) is 5.46. The van der Waals surface area contributed by atoms with E-state index in [1.54, 1.807) is 0 Å². The molecular weight excluding hydrogens is 258 g/mol. The first-order valence-corrected chi connectivity index (χ1v) is 6.97. The van der Waals surface area contributed by atoms with Gasteiger partial charge in [0.25, 0.3) is 0 Å². The molecule has 0 aromatic rings. The van der Waals surface area contributed by atoms with Crippen molar-refractivity contribution in [2.45, 2.75) is 38.7 Å². The first-order chi connectivity index (χ1) is 9.08. The molecule has 1 N–H and O–H groups in total. The first kappa shape index (κ1) is 18.8. The van der Waals surface area contributed by atoms with Crippen LogP contribution in [0.1, 0.15) is 32.6 Å². The van der Waals surface area contributed by atoms with Crippen LogP contribution in [0.2, 0.25) is 0 Å². The number of hydrogen-bond acceptors (Lipinski definition) is 4. The molecular formula is C15H27NO4. The van der Waals surface area contributed by atoms with Gasteiger partial charge < -0.3 is 19.5 Å². The summed E-state index contributed by atoms with van der Waals surface area (Å²) in [5.41, 5.74) is 0.709. The van der Waals surface area contributed by atoms with Gasteiger partial charge in [0.15, 0.2) is 0 Å². The third kappa shape index (κ3) is 7.40. The number of rotatable bonds is 10. The molecule has 20 heavy (non-hydrogen) atoms. The lowest BCUT2D eigenvalue weighted by molar-refractivity contribution is -0.873. The number of aliphatic hydroxyl groups is 1. The standard InChI is InChI=1S/C15H27NO4/c1-6-7-8-11(2)9-12(17)14(15(19)20)13(18)10-16(3,4)5/h13-14,18H,2,6-10H2,1,3-5H3. The highest BCUT2D eigenvalue weighted by molar-refractivity contribution is 5.99. The molecule has 0 aliphatic rings. The number of aliphatic carboxylic acids is 1. The average molecular weight is 285 g/mol. The van der Waals surface area contributed by atoms with Crippen LogP contribution in [0.4, 0.5) is 0 Å². The fourth-order valence-corrected chi connectivity index (χ4v) is 2.04. The van der Waals surface area contributed by atoms with Crippen molar-refractivity contribution in [2.24, 2.45) is 5.92 Å². The number of ketones is 1. The van der Waals surface area contributed by atoms with Crippen LogP contribution in [0.25, 0.3) is 0 Å². The van der Waals surface area contributed by atoms with E-state index in [0.29, 0.717) is 16.5 Å². The van der Waals surface area contributed by atoms with Crippen molar-refractivity contribution in [3.63, 3.8) is 0 Å². The molecule has 5 nitrogen and oxygen atoms in total. The van der Waals surface area contributed by atoms with E-state index in [1.807, 2.05) is 28.1 Å². The Morgan fingerprint density at radius 2 is 1.85 bits per heavy atom. The molecule has 0 spiro atoms. The average Bonchev–Trinajstić information content (AvgIpc) is 2.22. The third-order valence-electron chi connectivity index (χ3n) is 3.03. The van der Waals surface area contributed by atoms with Crippen molar-refractivity contribution < 1.29 is 24.3 Å². The summed E-state index contributed by atoms with van der Waals surface area (Å²) in [6, 6.07) is 0. The number of quaternary nitrogens is 1. The minimum absolute atomic E-state index is 0.00709. The van der Waals surface area contributed by atoms with Gasteiger partial charge in [-0.15, -0.1) is 0 Å². The number of hydrogen-bond donors (Lipinski definition) is 1. The Bertz CT molecular complexity index is 357. The smallest absolute Gasteiger partial charge is 0.148 e. The fourth-order valence-electron chi connectivity index (χ4n) is 2.04. The number of allylic oxidation sites excluding steroid dienone is 1. The summed E-state index contributed by atoms with van der Waals surface area (Å²) in [4.78, 5) is 23.2. The molecule has 0 aromatic heterocycles. The van der Waals surface area contributed by atoms with Crippen LogP contribution in [0.3, 0.4) is 0 Å². The van der Waals surface area contributed by atoms with Crippen molar-refractivity contribution in [2.75, 3.05) is 27.7 Å². The Morgan fingerprint density at radius 1 is 1.30 bits per heavy atom. The maximum atomic E-state index is 12.0. The van der Waals surface area contributed by atoms with Gasteiger partial charge in [0.1, 0.15) is 18.4 Å². The van der Waals surface area contributed by atoms with E-state index >= 15 is 0 Å². The van der Waals surface area contributed by atoms with Crippen molar-refractivity contribution in [3.05, 3.63) is 12.2 Å². The molecule has 0 aliphatic carbocycles. The molecule has 0 radical (unpaired) electrons. The highest BCUT2D eigenvalue weighted by Crippen LogP contribution is 2.16. The fraction of sp³-hybridized carbons (Fsp3) is 0.733. The minimum atomic E-state index is -1.51. The molecule has 0 heterocycles. The van der Waals surface area contributed by atoms with Crippen LogP contribution >= 0.6 is 0 Å². The number of carboxylic acid groups (broad SMARTS) is 1. The molecule has 5 heteroatoms. The van der Waals surface area contributed by atoms with Crippen LogP contribution < -0.4 is 5.11 Å². The van der Waals surface area contributed by atoms with E-state index < -0.39 is 23.8 Å². The maximum absolute atomic E-state index is 12.0. The second-order valence-corrected chi connectivity index (χ2v) is 6.33. The van der Waals surface area contributed by atoms with E-state index in [9.17, 15) is 19.8 Å². The molecule has 0 amide bonds. The second kappa shape index (κ2) is 8.17. The predicted molar refractivity (Wildman–Crippen MR) is 75.7 cm³/mol. The van der Waals surface area contributed by atoms with E-state index in [-0.39, 0.29) is 13.0 Å². The van der Waals surface area contributed by atoms with Crippen molar-refractivity contribution in [3.8, 4) is 0 Å². The first-order valence-electron chi connectivity index (χ1n) is 6.97. The molecule has 0 fully saturated rings. The van der Waals surface area contributed by atoms with Crippen LogP contribution in [-0.4, -0.2) is 55.1 Å². The Hall–Kier alpha value is -1.20. The highest BCUT2D eigenvalue weighted by Gasteiger charge is 2.31. The number of unbranched alkanes of at least 4 members (excludes halogenated alkanes) is 1. The molecule has 0 bridgehead atoms. The maximum Gasteiger partial charge on any atom is 0.148 e. The number of Topliss-reactive ketones (excluding diaryl/α,β-unsaturated/α-hetero) is 1. The van der Waals surface area contributed by atoms with E-state index in [2.05, 4.69) is 6.58 Å². The highest BCUT2D eigenvalue weighted by atomic mass is 16.4. The van der Waals surface area contributed by atoms with Gasteiger partial charge in [-0.1, -0.05) is 25.5 Å². The Balaban J connectivity index is 4.71. The minimum Gasteiger partial charge on any atom is -0.549 e. The summed E-state index contributed by atoms with van der Waals surface area (Å²) in [5.74, 6) is -3.52. The monoisotopic (exact) mass is 285 g/mol. The number of likely N-dealkylation sites (N-methyl/N-ethyl adjacent to an activating group) is 1. The molecule has 0 aliphatic heterocycles. The Morgan fingerprint density at radius 3 is 2.25 bits per heavy atom. The topological polar surface area (TPSA) is 77.4 Å². The quantitative estimate of drug-likeness (QED) is 0.351. The van der Waals surface area contributed by atoms with Crippen molar-refractivity contribution >= 4 is 11.8 Å².